The lowest BCUT2D eigenvalue weighted by Gasteiger charge is -2.18. The summed E-state index contributed by atoms with van der Waals surface area (Å²) in [6.07, 6.45) is 0. The molecule has 3 nitrogen and oxygen atoms in total. The van der Waals surface area contributed by atoms with E-state index in [1.807, 2.05) is 12.1 Å². The molecule has 0 aliphatic carbocycles. The summed E-state index contributed by atoms with van der Waals surface area (Å²) in [6, 6.07) is 8.13. The summed E-state index contributed by atoms with van der Waals surface area (Å²) in [5.74, 6) is 0. The topological polar surface area (TPSA) is 29.3 Å². The van der Waals surface area contributed by atoms with Gasteiger partial charge in [0.25, 0.3) is 0 Å². The predicted octanol–water partition coefficient (Wildman–Crippen LogP) is 2.82. The van der Waals surface area contributed by atoms with Crippen LogP contribution in [0.25, 0.3) is 0 Å². The van der Waals surface area contributed by atoms with Gasteiger partial charge >= 0.3 is 0 Å². The maximum Gasteiger partial charge on any atom is 0.239 e. The Morgan fingerprint density at radius 3 is 2.13 bits per heavy atom. The fourth-order valence-corrected chi connectivity index (χ4v) is 1.27. The van der Waals surface area contributed by atoms with Crippen molar-refractivity contribution in [2.45, 2.75) is 32.8 Å². The van der Waals surface area contributed by atoms with Crippen LogP contribution in [0, 0.1) is 4.91 Å². The average Bonchev–Trinajstić information content (AvgIpc) is 2.14. The Bertz CT molecular complexity index is 336. The highest BCUT2D eigenvalue weighted by Gasteiger charge is 2.13. The Kier molecular flexibility index (Phi) is 3.45. The number of hydrogen-bond acceptors (Lipinski definition) is 2. The molecule has 0 saturated heterocycles. The van der Waals surface area contributed by atoms with Crippen molar-refractivity contribution in [1.82, 2.24) is 0 Å². The maximum absolute atomic E-state index is 10.5. The molecule has 0 spiro atoms. The minimum Gasteiger partial charge on any atom is -0.228 e. The molecule has 0 unspecified atom stereocenters. The van der Waals surface area contributed by atoms with Crippen LogP contribution in [0.4, 0.5) is 0 Å². The Labute approximate surface area is 90.6 Å². The van der Waals surface area contributed by atoms with Gasteiger partial charge in [0, 0.05) is 0 Å². The largest absolute Gasteiger partial charge is 0.239 e. The summed E-state index contributed by atoms with van der Waals surface area (Å²) in [5.41, 5.74) is 2.45. The molecular weight excluding hydrogens is 190 g/mol. The molecule has 0 N–H and O–H groups in total. The fourth-order valence-electron chi connectivity index (χ4n) is 1.27. The fraction of sp³-hybridized carbons (Fsp3) is 0.500. The highest BCUT2D eigenvalue weighted by Crippen LogP contribution is 2.22. The molecule has 0 aliphatic rings. The standard InChI is InChI=1S/C12H18NO2/c1-12(2,3)11-7-5-10(6-8-11)9-15-13(4)14/h5-8H,9H2,1-4H3/q+1. The number of benzene rings is 1. The second-order valence-electron chi connectivity index (χ2n) is 4.66. The molecule has 0 aliphatic heterocycles. The zero-order valence-electron chi connectivity index (χ0n) is 9.78. The van der Waals surface area contributed by atoms with E-state index in [0.29, 0.717) is 11.5 Å². The average molecular weight is 208 g/mol. The minimum absolute atomic E-state index is 0.161. The summed E-state index contributed by atoms with van der Waals surface area (Å²) in [4.78, 5) is 15.8. The van der Waals surface area contributed by atoms with Gasteiger partial charge in [0.2, 0.25) is 12.0 Å². The molecule has 0 radical (unpaired) electrons. The van der Waals surface area contributed by atoms with Gasteiger partial charge in [0.05, 0.1) is 4.91 Å². The SMILES string of the molecule is C[N+](=O)OCc1ccc(C(C)(C)C)cc1. The lowest BCUT2D eigenvalue weighted by molar-refractivity contribution is -0.789. The first-order valence-electron chi connectivity index (χ1n) is 5.03. The van der Waals surface area contributed by atoms with Crippen LogP contribution in [0.5, 0.6) is 0 Å². The minimum atomic E-state index is 0.161. The Hall–Kier alpha value is -1.38. The third-order valence-electron chi connectivity index (χ3n) is 2.23. The second kappa shape index (κ2) is 4.43. The normalized spacial score (nSPS) is 11.2. The molecule has 1 aromatic carbocycles. The molecule has 15 heavy (non-hydrogen) atoms. The second-order valence-corrected chi connectivity index (χ2v) is 4.66. The molecule has 3 heteroatoms. The zero-order valence-corrected chi connectivity index (χ0v) is 9.78. The molecule has 1 aromatic rings. The molecule has 0 amide bonds. The molecule has 0 heterocycles. The molecule has 1 rings (SSSR count). The molecule has 0 atom stereocenters. The van der Waals surface area contributed by atoms with Crippen LogP contribution in [-0.2, 0) is 16.9 Å². The summed E-state index contributed by atoms with van der Waals surface area (Å²) >= 11 is 0. The number of rotatable bonds is 3. The molecule has 0 saturated carbocycles. The third-order valence-corrected chi connectivity index (χ3v) is 2.23. The van der Waals surface area contributed by atoms with Crippen LogP contribution >= 0.6 is 0 Å². The molecular formula is C12H18NO2+. The molecule has 0 aromatic heterocycles. The van der Waals surface area contributed by atoms with Crippen LogP contribution in [0.3, 0.4) is 0 Å². The lowest BCUT2D eigenvalue weighted by Crippen LogP contribution is -2.11. The van der Waals surface area contributed by atoms with Crippen LogP contribution in [0.15, 0.2) is 24.3 Å². The first-order chi connectivity index (χ1) is 6.89. The number of hydrogen-bond donors (Lipinski definition) is 0. The van der Waals surface area contributed by atoms with Gasteiger partial charge in [-0.2, -0.15) is 0 Å². The van der Waals surface area contributed by atoms with Crippen molar-refractivity contribution in [1.29, 1.82) is 0 Å². The van der Waals surface area contributed by atoms with E-state index in [1.165, 1.54) is 12.6 Å². The van der Waals surface area contributed by atoms with E-state index < -0.39 is 0 Å². The van der Waals surface area contributed by atoms with Crippen LogP contribution < -0.4 is 0 Å². The summed E-state index contributed by atoms with van der Waals surface area (Å²) < 4.78 is 0. The first kappa shape index (κ1) is 11.7. The molecule has 0 fully saturated rings. The molecule has 0 bridgehead atoms. The predicted molar refractivity (Wildman–Crippen MR) is 59.5 cm³/mol. The monoisotopic (exact) mass is 208 g/mol. The van der Waals surface area contributed by atoms with Crippen molar-refractivity contribution in [3.63, 3.8) is 0 Å². The smallest absolute Gasteiger partial charge is 0.228 e. The summed E-state index contributed by atoms with van der Waals surface area (Å²) in [5, 5.41) is 0. The van der Waals surface area contributed by atoms with Gasteiger partial charge in [-0.3, -0.25) is 0 Å². The van der Waals surface area contributed by atoms with Crippen molar-refractivity contribution in [2.75, 3.05) is 7.05 Å². The van der Waals surface area contributed by atoms with Gasteiger partial charge in [-0.1, -0.05) is 45.0 Å². The van der Waals surface area contributed by atoms with Crippen molar-refractivity contribution >= 4 is 0 Å². The highest BCUT2D eigenvalue weighted by atomic mass is 16.8. The van der Waals surface area contributed by atoms with Crippen LogP contribution in [0.1, 0.15) is 31.9 Å². The van der Waals surface area contributed by atoms with E-state index in [0.717, 1.165) is 5.56 Å². The Morgan fingerprint density at radius 2 is 1.73 bits per heavy atom. The van der Waals surface area contributed by atoms with E-state index in [9.17, 15) is 4.91 Å². The summed E-state index contributed by atoms with van der Waals surface area (Å²) in [6.45, 7) is 6.84. The Morgan fingerprint density at radius 1 is 1.20 bits per heavy atom. The highest BCUT2D eigenvalue weighted by molar-refractivity contribution is 5.27. The van der Waals surface area contributed by atoms with Gasteiger partial charge in [-0.15, -0.1) is 0 Å². The van der Waals surface area contributed by atoms with Crippen molar-refractivity contribution < 1.29 is 9.76 Å². The Balaban J connectivity index is 2.69. The zero-order chi connectivity index (χ0) is 11.5. The number of nitrogens with zero attached hydrogens (tertiary/aromatic N) is 1. The van der Waals surface area contributed by atoms with Crippen LogP contribution in [0.2, 0.25) is 0 Å². The van der Waals surface area contributed by atoms with E-state index in [-0.39, 0.29) is 5.41 Å². The van der Waals surface area contributed by atoms with Crippen LogP contribution in [-0.4, -0.2) is 12.0 Å². The van der Waals surface area contributed by atoms with Gasteiger partial charge in [-0.25, -0.2) is 4.84 Å². The third kappa shape index (κ3) is 3.70. The lowest BCUT2D eigenvalue weighted by atomic mass is 9.87. The maximum atomic E-state index is 10.5. The van der Waals surface area contributed by atoms with Gasteiger partial charge < -0.3 is 0 Å². The first-order valence-corrected chi connectivity index (χ1v) is 5.03. The van der Waals surface area contributed by atoms with E-state index in [1.54, 1.807) is 0 Å². The van der Waals surface area contributed by atoms with Crippen molar-refractivity contribution in [3.8, 4) is 0 Å². The van der Waals surface area contributed by atoms with E-state index in [2.05, 4.69) is 32.9 Å². The quantitative estimate of drug-likeness (QED) is 0.715. The van der Waals surface area contributed by atoms with Gasteiger partial charge in [0.1, 0.15) is 0 Å². The van der Waals surface area contributed by atoms with E-state index >= 15 is 0 Å². The van der Waals surface area contributed by atoms with Gasteiger partial charge in [0.15, 0.2) is 6.61 Å². The van der Waals surface area contributed by atoms with E-state index in [4.69, 9.17) is 4.84 Å². The summed E-state index contributed by atoms with van der Waals surface area (Å²) in [7, 11) is 1.34. The van der Waals surface area contributed by atoms with Crippen molar-refractivity contribution in [3.05, 3.63) is 40.3 Å². The van der Waals surface area contributed by atoms with Gasteiger partial charge in [-0.05, 0) is 16.5 Å². The molecule has 82 valence electrons. The van der Waals surface area contributed by atoms with Crippen molar-refractivity contribution in [2.24, 2.45) is 0 Å².